The molecule has 0 atom stereocenters. The molecule has 7 heteroatoms. The van der Waals surface area contributed by atoms with Gasteiger partial charge in [-0.15, -0.1) is 0 Å². The van der Waals surface area contributed by atoms with Crippen LogP contribution < -0.4 is 0 Å². The number of hydrogen-bond acceptors (Lipinski definition) is 4. The molecule has 118 valence electrons. The Labute approximate surface area is 132 Å². The fraction of sp³-hybridized carbons (Fsp3) is 0. The number of rotatable bonds is 2. The molecule has 0 unspecified atom stereocenters. The van der Waals surface area contributed by atoms with Crippen LogP contribution in [0, 0.1) is 0 Å². The lowest BCUT2D eigenvalue weighted by Gasteiger charge is -2.02. The Balaban J connectivity index is 0.000000185. The Morgan fingerprint density at radius 3 is 2.22 bits per heavy atom. The summed E-state index contributed by atoms with van der Waals surface area (Å²) in [5.41, 5.74) is 0.220. The molecule has 0 bridgehead atoms. The molecular formula is C16H13NO5S. The molecule has 0 saturated carbocycles. The van der Waals surface area contributed by atoms with Crippen molar-refractivity contribution in [1.29, 1.82) is 0 Å². The summed E-state index contributed by atoms with van der Waals surface area (Å²) in [6.07, 6.45) is 2.84. The second-order valence-electron chi connectivity index (χ2n) is 4.50. The number of carboxylic acids is 1. The van der Waals surface area contributed by atoms with Gasteiger partial charge in [-0.05, 0) is 23.6 Å². The summed E-state index contributed by atoms with van der Waals surface area (Å²) in [5, 5.41) is 9.68. The Morgan fingerprint density at radius 1 is 0.957 bits per heavy atom. The quantitative estimate of drug-likeness (QED) is 0.700. The largest absolute Gasteiger partial charge is 0.478 e. The van der Waals surface area contributed by atoms with Gasteiger partial charge in [-0.1, -0.05) is 36.4 Å². The number of pyridine rings is 1. The fourth-order valence-electron chi connectivity index (χ4n) is 1.91. The standard InChI is InChI=1S/C10H8O3S.C6H5NO2/c11-14(12,13)10-7-3-5-8-4-1-2-6-9(8)10;8-6(9)5-2-1-3-7-4-5/h1-7H,(H,11,12,13);1-4H,(H,8,9). The summed E-state index contributed by atoms with van der Waals surface area (Å²) in [6, 6.07) is 14.9. The first-order valence-corrected chi connectivity index (χ1v) is 7.92. The average Bonchev–Trinajstić information content (AvgIpc) is 2.55. The molecule has 0 radical (unpaired) electrons. The van der Waals surface area contributed by atoms with Gasteiger partial charge in [0.2, 0.25) is 0 Å². The number of nitrogens with zero attached hydrogens (tertiary/aromatic N) is 1. The normalized spacial score (nSPS) is 10.7. The van der Waals surface area contributed by atoms with Crippen LogP contribution in [0.25, 0.3) is 10.8 Å². The number of hydrogen-bond donors (Lipinski definition) is 2. The van der Waals surface area contributed by atoms with Gasteiger partial charge >= 0.3 is 5.97 Å². The smallest absolute Gasteiger partial charge is 0.337 e. The molecule has 1 aromatic heterocycles. The van der Waals surface area contributed by atoms with Crippen molar-refractivity contribution in [2.75, 3.05) is 0 Å². The molecule has 0 aliphatic heterocycles. The highest BCUT2D eigenvalue weighted by Gasteiger charge is 2.12. The third kappa shape index (κ3) is 4.35. The second kappa shape index (κ2) is 6.99. The van der Waals surface area contributed by atoms with Gasteiger partial charge in [-0.2, -0.15) is 8.42 Å². The van der Waals surface area contributed by atoms with Crippen LogP contribution in [-0.2, 0) is 10.1 Å². The number of carbonyl (C=O) groups is 1. The third-order valence-electron chi connectivity index (χ3n) is 2.94. The topological polar surface area (TPSA) is 105 Å². The van der Waals surface area contributed by atoms with E-state index in [1.54, 1.807) is 36.4 Å². The van der Waals surface area contributed by atoms with Crippen LogP contribution >= 0.6 is 0 Å². The predicted octanol–water partition coefficient (Wildman–Crippen LogP) is 2.87. The zero-order valence-corrected chi connectivity index (χ0v) is 12.6. The number of aromatic carboxylic acids is 1. The van der Waals surface area contributed by atoms with Crippen molar-refractivity contribution >= 4 is 26.9 Å². The van der Waals surface area contributed by atoms with Gasteiger partial charge < -0.3 is 5.11 Å². The molecule has 0 spiro atoms. The molecule has 6 nitrogen and oxygen atoms in total. The number of fused-ring (bicyclic) bond motifs is 1. The molecule has 0 aliphatic rings. The Bertz CT molecular complexity index is 918. The SMILES string of the molecule is O=C(O)c1cccnc1.O=S(=O)(O)c1cccc2ccccc12. The van der Waals surface area contributed by atoms with Gasteiger partial charge in [0.15, 0.2) is 0 Å². The van der Waals surface area contributed by atoms with E-state index < -0.39 is 16.1 Å². The van der Waals surface area contributed by atoms with Crippen molar-refractivity contribution in [3.8, 4) is 0 Å². The Hall–Kier alpha value is -2.77. The summed E-state index contributed by atoms with van der Waals surface area (Å²) in [7, 11) is -4.13. The van der Waals surface area contributed by atoms with Crippen LogP contribution in [0.4, 0.5) is 0 Å². The van der Waals surface area contributed by atoms with E-state index in [0.717, 1.165) is 5.39 Å². The van der Waals surface area contributed by atoms with Gasteiger partial charge in [0.05, 0.1) is 5.56 Å². The lowest BCUT2D eigenvalue weighted by molar-refractivity contribution is 0.0696. The molecule has 0 fully saturated rings. The lowest BCUT2D eigenvalue weighted by Crippen LogP contribution is -1.98. The van der Waals surface area contributed by atoms with Crippen molar-refractivity contribution in [3.63, 3.8) is 0 Å². The summed E-state index contributed by atoms with van der Waals surface area (Å²) in [4.78, 5) is 13.7. The van der Waals surface area contributed by atoms with E-state index in [4.69, 9.17) is 9.66 Å². The summed E-state index contributed by atoms with van der Waals surface area (Å²) in [6.45, 7) is 0. The molecule has 3 rings (SSSR count). The van der Waals surface area contributed by atoms with E-state index in [0.29, 0.717) is 5.39 Å². The Kier molecular flexibility index (Phi) is 5.05. The molecule has 23 heavy (non-hydrogen) atoms. The van der Waals surface area contributed by atoms with Crippen molar-refractivity contribution in [1.82, 2.24) is 4.98 Å². The van der Waals surface area contributed by atoms with Crippen molar-refractivity contribution in [2.24, 2.45) is 0 Å². The van der Waals surface area contributed by atoms with E-state index in [-0.39, 0.29) is 10.5 Å². The zero-order chi connectivity index (χ0) is 16.9. The average molecular weight is 331 g/mol. The molecule has 1 heterocycles. The highest BCUT2D eigenvalue weighted by molar-refractivity contribution is 7.86. The van der Waals surface area contributed by atoms with Crippen LogP contribution in [0.5, 0.6) is 0 Å². The molecule has 0 aliphatic carbocycles. The highest BCUT2D eigenvalue weighted by Crippen LogP contribution is 2.21. The van der Waals surface area contributed by atoms with Crippen LogP contribution in [0.3, 0.4) is 0 Å². The number of aromatic nitrogens is 1. The minimum absolute atomic E-state index is 0.0457. The first-order valence-electron chi connectivity index (χ1n) is 6.48. The molecule has 0 amide bonds. The molecule has 2 N–H and O–H groups in total. The van der Waals surface area contributed by atoms with Crippen molar-refractivity contribution < 1.29 is 22.9 Å². The number of carboxylic acid groups (broad SMARTS) is 1. The first-order chi connectivity index (χ1) is 10.9. The molecular weight excluding hydrogens is 318 g/mol. The van der Waals surface area contributed by atoms with E-state index in [1.807, 2.05) is 6.07 Å². The van der Waals surface area contributed by atoms with Gasteiger partial charge in [-0.3, -0.25) is 9.54 Å². The first kappa shape index (κ1) is 16.6. The maximum Gasteiger partial charge on any atom is 0.337 e. The van der Waals surface area contributed by atoms with Gasteiger partial charge in [-0.25, -0.2) is 4.79 Å². The molecule has 2 aromatic carbocycles. The second-order valence-corrected chi connectivity index (χ2v) is 5.89. The van der Waals surface area contributed by atoms with Gasteiger partial charge in [0.1, 0.15) is 4.90 Å². The predicted molar refractivity (Wildman–Crippen MR) is 85.0 cm³/mol. The van der Waals surface area contributed by atoms with E-state index >= 15 is 0 Å². The fourth-order valence-corrected chi connectivity index (χ4v) is 2.62. The third-order valence-corrected chi connectivity index (χ3v) is 3.85. The zero-order valence-electron chi connectivity index (χ0n) is 11.8. The minimum Gasteiger partial charge on any atom is -0.478 e. The van der Waals surface area contributed by atoms with Crippen LogP contribution in [0.15, 0.2) is 71.9 Å². The number of benzene rings is 2. The minimum atomic E-state index is -4.13. The maximum atomic E-state index is 11.0. The van der Waals surface area contributed by atoms with Crippen molar-refractivity contribution in [2.45, 2.75) is 4.90 Å². The van der Waals surface area contributed by atoms with E-state index in [1.165, 1.54) is 24.5 Å². The summed E-state index contributed by atoms with van der Waals surface area (Å²) < 4.78 is 31.0. The molecule has 3 aromatic rings. The highest BCUT2D eigenvalue weighted by atomic mass is 32.2. The van der Waals surface area contributed by atoms with E-state index in [2.05, 4.69) is 4.98 Å². The lowest BCUT2D eigenvalue weighted by atomic mass is 10.1. The van der Waals surface area contributed by atoms with Crippen LogP contribution in [0.1, 0.15) is 10.4 Å². The van der Waals surface area contributed by atoms with Crippen LogP contribution in [0.2, 0.25) is 0 Å². The maximum absolute atomic E-state index is 11.0. The van der Waals surface area contributed by atoms with Gasteiger partial charge in [0.25, 0.3) is 10.1 Å². The monoisotopic (exact) mass is 331 g/mol. The van der Waals surface area contributed by atoms with E-state index in [9.17, 15) is 13.2 Å². The Morgan fingerprint density at radius 2 is 1.65 bits per heavy atom. The van der Waals surface area contributed by atoms with Crippen molar-refractivity contribution in [3.05, 3.63) is 72.6 Å². The summed E-state index contributed by atoms with van der Waals surface area (Å²) >= 11 is 0. The van der Waals surface area contributed by atoms with Crippen LogP contribution in [-0.4, -0.2) is 29.0 Å². The van der Waals surface area contributed by atoms with Gasteiger partial charge in [0, 0.05) is 17.8 Å². The molecule has 0 saturated heterocycles. The summed E-state index contributed by atoms with van der Waals surface area (Å²) in [5.74, 6) is -0.942.